The van der Waals surface area contributed by atoms with Gasteiger partial charge in [-0.1, -0.05) is 25.5 Å². The van der Waals surface area contributed by atoms with Crippen LogP contribution in [0.3, 0.4) is 0 Å². The summed E-state index contributed by atoms with van der Waals surface area (Å²) in [5.74, 6) is 1.25. The summed E-state index contributed by atoms with van der Waals surface area (Å²) < 4.78 is 5.62. The van der Waals surface area contributed by atoms with E-state index >= 15 is 0 Å². The van der Waals surface area contributed by atoms with E-state index in [4.69, 9.17) is 4.74 Å². The molecule has 1 aromatic carbocycles. The van der Waals surface area contributed by atoms with Crippen molar-refractivity contribution >= 4 is 6.03 Å². The van der Waals surface area contributed by atoms with Crippen LogP contribution >= 0.6 is 0 Å². The Morgan fingerprint density at radius 3 is 2.83 bits per heavy atom. The summed E-state index contributed by atoms with van der Waals surface area (Å²) in [5, 5.41) is 16.0. The summed E-state index contributed by atoms with van der Waals surface area (Å²) in [6, 6.07) is 7.38. The lowest BCUT2D eigenvalue weighted by atomic mass is 10.1. The highest BCUT2D eigenvalue weighted by atomic mass is 16.5. The Labute approximate surface area is 138 Å². The van der Waals surface area contributed by atoms with Crippen molar-refractivity contribution in [3.05, 3.63) is 29.8 Å². The first-order valence-electron chi connectivity index (χ1n) is 8.44. The fourth-order valence-corrected chi connectivity index (χ4v) is 2.95. The molecule has 0 spiro atoms. The number of amides is 2. The van der Waals surface area contributed by atoms with Gasteiger partial charge in [0.1, 0.15) is 5.75 Å². The highest BCUT2D eigenvalue weighted by molar-refractivity contribution is 5.74. The van der Waals surface area contributed by atoms with Crippen LogP contribution in [-0.4, -0.2) is 29.8 Å². The maximum atomic E-state index is 11.9. The van der Waals surface area contributed by atoms with E-state index < -0.39 is 6.10 Å². The number of hydrogen-bond donors (Lipinski definition) is 3. The van der Waals surface area contributed by atoms with Crippen LogP contribution in [0.25, 0.3) is 0 Å². The second-order valence-corrected chi connectivity index (χ2v) is 6.62. The summed E-state index contributed by atoms with van der Waals surface area (Å²) in [7, 11) is 0. The van der Waals surface area contributed by atoms with Gasteiger partial charge < -0.3 is 20.5 Å². The highest BCUT2D eigenvalue weighted by Crippen LogP contribution is 2.24. The molecule has 5 nitrogen and oxygen atoms in total. The minimum atomic E-state index is -0.752. The molecule has 0 bridgehead atoms. The van der Waals surface area contributed by atoms with Crippen LogP contribution in [0, 0.1) is 5.92 Å². The van der Waals surface area contributed by atoms with E-state index in [1.165, 1.54) is 0 Å². The van der Waals surface area contributed by atoms with Crippen LogP contribution in [0.4, 0.5) is 4.79 Å². The van der Waals surface area contributed by atoms with Gasteiger partial charge in [-0.2, -0.15) is 0 Å². The van der Waals surface area contributed by atoms with Gasteiger partial charge >= 0.3 is 6.03 Å². The van der Waals surface area contributed by atoms with Crippen molar-refractivity contribution in [2.75, 3.05) is 6.54 Å². The van der Waals surface area contributed by atoms with E-state index in [1.54, 1.807) is 0 Å². The first-order valence-corrected chi connectivity index (χ1v) is 8.44. The molecule has 2 amide bonds. The van der Waals surface area contributed by atoms with Crippen molar-refractivity contribution in [1.29, 1.82) is 0 Å². The van der Waals surface area contributed by atoms with Crippen LogP contribution in [0.15, 0.2) is 24.3 Å². The molecule has 128 valence electrons. The Morgan fingerprint density at radius 2 is 2.17 bits per heavy atom. The predicted octanol–water partition coefficient (Wildman–Crippen LogP) is 3.00. The number of carbonyl (C=O) groups excluding carboxylic acids is 1. The molecular weight excluding hydrogens is 292 g/mol. The molecule has 0 saturated heterocycles. The van der Waals surface area contributed by atoms with Crippen LogP contribution in [-0.2, 0) is 0 Å². The Kier molecular flexibility index (Phi) is 6.28. The first-order chi connectivity index (χ1) is 11.0. The van der Waals surface area contributed by atoms with E-state index in [1.807, 2.05) is 38.1 Å². The highest BCUT2D eigenvalue weighted by Gasteiger charge is 2.24. The van der Waals surface area contributed by atoms with Gasteiger partial charge in [-0.15, -0.1) is 0 Å². The summed E-state index contributed by atoms with van der Waals surface area (Å²) in [4.78, 5) is 11.9. The number of rotatable bonds is 6. The lowest BCUT2D eigenvalue weighted by molar-refractivity contribution is 0.171. The lowest BCUT2D eigenvalue weighted by Crippen LogP contribution is -2.44. The lowest BCUT2D eigenvalue weighted by Gasteiger charge is -2.19. The largest absolute Gasteiger partial charge is 0.491 e. The summed E-state index contributed by atoms with van der Waals surface area (Å²) >= 11 is 0. The van der Waals surface area contributed by atoms with E-state index in [2.05, 4.69) is 17.6 Å². The van der Waals surface area contributed by atoms with Crippen molar-refractivity contribution < 1.29 is 14.6 Å². The van der Waals surface area contributed by atoms with Crippen molar-refractivity contribution in [3.8, 4) is 5.75 Å². The number of benzene rings is 1. The zero-order valence-corrected chi connectivity index (χ0v) is 14.2. The van der Waals surface area contributed by atoms with Gasteiger partial charge in [-0.05, 0) is 50.3 Å². The molecule has 3 N–H and O–H groups in total. The Bertz CT molecular complexity index is 519. The van der Waals surface area contributed by atoms with Crippen LogP contribution in [0.1, 0.15) is 51.7 Å². The predicted molar refractivity (Wildman–Crippen MR) is 90.5 cm³/mol. The average Bonchev–Trinajstić information content (AvgIpc) is 2.89. The van der Waals surface area contributed by atoms with Gasteiger partial charge in [0.05, 0.1) is 12.2 Å². The maximum absolute atomic E-state index is 11.9. The summed E-state index contributed by atoms with van der Waals surface area (Å²) in [5.41, 5.74) is 0.734. The number of nitrogens with one attached hydrogen (secondary N) is 2. The Morgan fingerprint density at radius 1 is 1.39 bits per heavy atom. The molecule has 3 unspecified atom stereocenters. The molecule has 5 heteroatoms. The molecule has 0 radical (unpaired) electrons. The smallest absolute Gasteiger partial charge is 0.315 e. The Balaban J connectivity index is 1.82. The molecule has 0 aliphatic heterocycles. The molecule has 23 heavy (non-hydrogen) atoms. The summed E-state index contributed by atoms with van der Waals surface area (Å²) in [6.45, 7) is 6.25. The zero-order valence-electron chi connectivity index (χ0n) is 14.2. The van der Waals surface area contributed by atoms with E-state index in [-0.39, 0.29) is 24.7 Å². The van der Waals surface area contributed by atoms with E-state index in [9.17, 15) is 9.90 Å². The van der Waals surface area contributed by atoms with Gasteiger partial charge in [0.15, 0.2) is 0 Å². The molecule has 1 aromatic rings. The fourth-order valence-electron chi connectivity index (χ4n) is 2.95. The first kappa shape index (κ1) is 17.6. The second-order valence-electron chi connectivity index (χ2n) is 6.62. The molecular formula is C18H28N2O3. The minimum absolute atomic E-state index is 0.0831. The van der Waals surface area contributed by atoms with Gasteiger partial charge in [-0.25, -0.2) is 4.79 Å². The molecule has 1 aliphatic rings. The third kappa shape index (κ3) is 5.43. The van der Waals surface area contributed by atoms with Crippen LogP contribution in [0.5, 0.6) is 5.75 Å². The molecule has 1 aliphatic carbocycles. The molecule has 0 heterocycles. The molecule has 3 atom stereocenters. The number of aliphatic hydroxyl groups is 1. The molecule has 2 rings (SSSR count). The van der Waals surface area contributed by atoms with Gasteiger partial charge in [0, 0.05) is 12.6 Å². The standard InChI is InChI=1S/C18H28N2O3/c1-12(2)23-15-8-5-7-14(10-15)17(21)11-19-18(22)20-16-9-4-6-13(16)3/h5,7-8,10,12-13,16-17,21H,4,6,9,11H2,1-3H3,(H2,19,20,22). The number of urea groups is 1. The van der Waals surface area contributed by atoms with Crippen LogP contribution < -0.4 is 15.4 Å². The van der Waals surface area contributed by atoms with E-state index in [0.29, 0.717) is 5.92 Å². The van der Waals surface area contributed by atoms with Crippen molar-refractivity contribution in [2.45, 2.75) is 58.3 Å². The van der Waals surface area contributed by atoms with E-state index in [0.717, 1.165) is 30.6 Å². The quantitative estimate of drug-likeness (QED) is 0.754. The normalized spacial score (nSPS) is 22.0. The molecule has 1 fully saturated rings. The van der Waals surface area contributed by atoms with Gasteiger partial charge in [0.25, 0.3) is 0 Å². The van der Waals surface area contributed by atoms with Gasteiger partial charge in [-0.3, -0.25) is 0 Å². The monoisotopic (exact) mass is 320 g/mol. The summed E-state index contributed by atoms with van der Waals surface area (Å²) in [6.07, 6.45) is 2.69. The van der Waals surface area contributed by atoms with Crippen molar-refractivity contribution in [2.24, 2.45) is 5.92 Å². The SMILES string of the molecule is CC(C)Oc1cccc(C(O)CNC(=O)NC2CCCC2C)c1. The zero-order chi connectivity index (χ0) is 16.8. The maximum Gasteiger partial charge on any atom is 0.315 e. The topological polar surface area (TPSA) is 70.6 Å². The average molecular weight is 320 g/mol. The fraction of sp³-hybridized carbons (Fsp3) is 0.611. The second kappa shape index (κ2) is 8.20. The van der Waals surface area contributed by atoms with Crippen LogP contribution in [0.2, 0.25) is 0 Å². The Hall–Kier alpha value is -1.75. The van der Waals surface area contributed by atoms with Crippen molar-refractivity contribution in [1.82, 2.24) is 10.6 Å². The third-order valence-corrected chi connectivity index (χ3v) is 4.25. The molecule has 1 saturated carbocycles. The molecule has 0 aromatic heterocycles. The number of hydrogen-bond acceptors (Lipinski definition) is 3. The third-order valence-electron chi connectivity index (χ3n) is 4.25. The number of aliphatic hydroxyl groups excluding tert-OH is 1. The minimum Gasteiger partial charge on any atom is -0.491 e. The number of ether oxygens (including phenoxy) is 1. The number of carbonyl (C=O) groups is 1. The van der Waals surface area contributed by atoms with Gasteiger partial charge in [0.2, 0.25) is 0 Å². The van der Waals surface area contributed by atoms with Crippen molar-refractivity contribution in [3.63, 3.8) is 0 Å².